The molecule has 0 saturated heterocycles. The Hall–Kier alpha value is -1.08. The highest BCUT2D eigenvalue weighted by atomic mass is 32.1. The molecule has 2 aromatic rings. The second-order valence-electron chi connectivity index (χ2n) is 2.91. The summed E-state index contributed by atoms with van der Waals surface area (Å²) in [7, 11) is 0. The molecule has 0 saturated carbocycles. The van der Waals surface area contributed by atoms with Gasteiger partial charge in [0.15, 0.2) is 0 Å². The highest BCUT2D eigenvalue weighted by molar-refractivity contribution is 7.10. The molecule has 0 N–H and O–H groups in total. The number of benzene rings is 1. The molecule has 0 amide bonds. The van der Waals surface area contributed by atoms with Crippen LogP contribution in [0.15, 0.2) is 47.8 Å². The molecule has 1 radical (unpaired) electrons. The normalized spacial score (nSPS) is 10.2. The van der Waals surface area contributed by atoms with Crippen molar-refractivity contribution in [1.29, 1.82) is 0 Å². The molecule has 0 aliphatic rings. The lowest BCUT2D eigenvalue weighted by Gasteiger charge is -1.97. The molecule has 0 aliphatic heterocycles. The molecular weight excluding hydrogens is 176 g/mol. The maximum Gasteiger partial charge on any atom is 0.00860 e. The molecule has 1 heterocycles. The molecule has 1 heteroatoms. The van der Waals surface area contributed by atoms with Gasteiger partial charge in [-0.1, -0.05) is 36.4 Å². The predicted molar refractivity (Wildman–Crippen MR) is 57.9 cm³/mol. The van der Waals surface area contributed by atoms with E-state index in [4.69, 9.17) is 0 Å². The van der Waals surface area contributed by atoms with Crippen molar-refractivity contribution < 1.29 is 0 Å². The number of thiophene rings is 1. The summed E-state index contributed by atoms with van der Waals surface area (Å²) in [6, 6.07) is 14.8. The Balaban J connectivity index is 1.94. The van der Waals surface area contributed by atoms with Gasteiger partial charge < -0.3 is 0 Å². The summed E-state index contributed by atoms with van der Waals surface area (Å²) >= 11 is 1.79. The van der Waals surface area contributed by atoms with Crippen LogP contribution >= 0.6 is 11.3 Å². The van der Waals surface area contributed by atoms with Crippen LogP contribution in [-0.2, 0) is 6.42 Å². The van der Waals surface area contributed by atoms with Crippen molar-refractivity contribution in [2.75, 3.05) is 0 Å². The zero-order chi connectivity index (χ0) is 8.93. The molecule has 0 aliphatic carbocycles. The highest BCUT2D eigenvalue weighted by Gasteiger charge is 1.95. The minimum absolute atomic E-state index is 1.03. The first-order valence-corrected chi connectivity index (χ1v) is 5.24. The van der Waals surface area contributed by atoms with Crippen LogP contribution in [0.5, 0.6) is 0 Å². The van der Waals surface area contributed by atoms with E-state index in [1.807, 2.05) is 0 Å². The minimum atomic E-state index is 1.03. The van der Waals surface area contributed by atoms with Crippen LogP contribution in [0.1, 0.15) is 10.4 Å². The lowest BCUT2D eigenvalue weighted by molar-refractivity contribution is 1.19. The van der Waals surface area contributed by atoms with Gasteiger partial charge in [0.2, 0.25) is 0 Å². The van der Waals surface area contributed by atoms with Crippen LogP contribution in [0.4, 0.5) is 0 Å². The Morgan fingerprint density at radius 1 is 1.00 bits per heavy atom. The molecule has 0 nitrogen and oxygen atoms in total. The van der Waals surface area contributed by atoms with E-state index < -0.39 is 0 Å². The van der Waals surface area contributed by atoms with Crippen molar-refractivity contribution in [3.63, 3.8) is 0 Å². The Bertz CT molecular complexity index is 335. The largest absolute Gasteiger partial charge is 0.149 e. The average molecular weight is 187 g/mol. The van der Waals surface area contributed by atoms with Crippen LogP contribution < -0.4 is 0 Å². The van der Waals surface area contributed by atoms with Crippen molar-refractivity contribution in [2.24, 2.45) is 0 Å². The van der Waals surface area contributed by atoms with Gasteiger partial charge in [-0.05, 0) is 23.4 Å². The Labute approximate surface area is 82.9 Å². The van der Waals surface area contributed by atoms with Crippen molar-refractivity contribution >= 4 is 11.3 Å². The summed E-state index contributed by atoms with van der Waals surface area (Å²) < 4.78 is 0. The van der Waals surface area contributed by atoms with Crippen LogP contribution in [0.3, 0.4) is 0 Å². The fourth-order valence-corrected chi connectivity index (χ4v) is 1.89. The van der Waals surface area contributed by atoms with Gasteiger partial charge in [0.1, 0.15) is 0 Å². The molecule has 0 fully saturated rings. The molecule has 0 bridgehead atoms. The predicted octanol–water partition coefficient (Wildman–Crippen LogP) is 3.54. The van der Waals surface area contributed by atoms with Gasteiger partial charge in [-0.15, -0.1) is 11.3 Å². The second-order valence-corrected chi connectivity index (χ2v) is 3.89. The maximum absolute atomic E-state index is 2.26. The third kappa shape index (κ3) is 2.43. The van der Waals surface area contributed by atoms with E-state index in [-0.39, 0.29) is 0 Å². The third-order valence-electron chi connectivity index (χ3n) is 1.92. The van der Waals surface area contributed by atoms with Crippen molar-refractivity contribution in [2.45, 2.75) is 6.42 Å². The molecule has 0 atom stereocenters. The number of rotatable bonds is 3. The van der Waals surface area contributed by atoms with Gasteiger partial charge in [0.05, 0.1) is 0 Å². The lowest BCUT2D eigenvalue weighted by Crippen LogP contribution is -1.84. The van der Waals surface area contributed by atoms with Gasteiger partial charge in [0.25, 0.3) is 0 Å². The molecule has 13 heavy (non-hydrogen) atoms. The van der Waals surface area contributed by atoms with Gasteiger partial charge in [-0.2, -0.15) is 0 Å². The molecule has 0 unspecified atom stereocenters. The fraction of sp³-hybridized carbons (Fsp3) is 0.0833. The van der Waals surface area contributed by atoms with Gasteiger partial charge >= 0.3 is 0 Å². The first-order chi connectivity index (χ1) is 6.45. The molecule has 1 aromatic carbocycles. The van der Waals surface area contributed by atoms with Crippen LogP contribution in [0.25, 0.3) is 0 Å². The quantitative estimate of drug-likeness (QED) is 0.689. The zero-order valence-corrected chi connectivity index (χ0v) is 8.13. The van der Waals surface area contributed by atoms with E-state index in [0.717, 1.165) is 6.42 Å². The highest BCUT2D eigenvalue weighted by Crippen LogP contribution is 2.13. The first kappa shape index (κ1) is 8.52. The summed E-state index contributed by atoms with van der Waals surface area (Å²) in [6.45, 7) is 0. The van der Waals surface area contributed by atoms with Gasteiger partial charge in [-0.25, -0.2) is 0 Å². The molecular formula is C12H11S. The van der Waals surface area contributed by atoms with E-state index in [1.165, 1.54) is 10.4 Å². The smallest absolute Gasteiger partial charge is 0.00860 e. The van der Waals surface area contributed by atoms with E-state index >= 15 is 0 Å². The third-order valence-corrected chi connectivity index (χ3v) is 2.79. The Morgan fingerprint density at radius 2 is 1.85 bits per heavy atom. The van der Waals surface area contributed by atoms with E-state index in [2.05, 4.69) is 54.3 Å². The summed E-state index contributed by atoms with van der Waals surface area (Å²) in [4.78, 5) is 1.35. The minimum Gasteiger partial charge on any atom is -0.149 e. The molecule has 2 rings (SSSR count). The van der Waals surface area contributed by atoms with Gasteiger partial charge in [-0.3, -0.25) is 0 Å². The summed E-state index contributed by atoms with van der Waals surface area (Å²) in [5.74, 6) is 0. The van der Waals surface area contributed by atoms with E-state index in [1.54, 1.807) is 11.3 Å². The van der Waals surface area contributed by atoms with Crippen LogP contribution in [0.2, 0.25) is 0 Å². The fourth-order valence-electron chi connectivity index (χ4n) is 1.24. The monoisotopic (exact) mass is 187 g/mol. The van der Waals surface area contributed by atoms with Crippen molar-refractivity contribution in [3.8, 4) is 0 Å². The molecule has 0 spiro atoms. The summed E-state index contributed by atoms with van der Waals surface area (Å²) in [5, 5.41) is 2.11. The zero-order valence-electron chi connectivity index (χ0n) is 7.31. The average Bonchev–Trinajstić information content (AvgIpc) is 2.69. The maximum atomic E-state index is 2.26. The van der Waals surface area contributed by atoms with Crippen molar-refractivity contribution in [3.05, 3.63) is 64.7 Å². The van der Waals surface area contributed by atoms with Crippen molar-refractivity contribution in [1.82, 2.24) is 0 Å². The number of hydrogen-bond donors (Lipinski definition) is 0. The topological polar surface area (TPSA) is 0 Å². The summed E-state index contributed by atoms with van der Waals surface area (Å²) in [5.41, 5.74) is 1.37. The van der Waals surface area contributed by atoms with E-state index in [9.17, 15) is 0 Å². The molecule has 1 aromatic heterocycles. The lowest BCUT2D eigenvalue weighted by atomic mass is 10.1. The first-order valence-electron chi connectivity index (χ1n) is 4.36. The summed E-state index contributed by atoms with van der Waals surface area (Å²) in [6.07, 6.45) is 3.29. The Morgan fingerprint density at radius 3 is 2.54 bits per heavy atom. The second kappa shape index (κ2) is 4.24. The SMILES string of the molecule is [CH](Cc1ccccc1)c1cccs1. The van der Waals surface area contributed by atoms with Gasteiger partial charge in [0, 0.05) is 11.3 Å². The van der Waals surface area contributed by atoms with Crippen LogP contribution in [0, 0.1) is 6.42 Å². The van der Waals surface area contributed by atoms with Crippen LogP contribution in [-0.4, -0.2) is 0 Å². The van der Waals surface area contributed by atoms with E-state index in [0.29, 0.717) is 0 Å². The standard InChI is InChI=1S/C12H11S/c1-2-5-11(6-3-1)8-9-12-7-4-10-13-12/h1-7,9-10H,8H2. The number of hydrogen-bond acceptors (Lipinski definition) is 1. The molecule has 65 valence electrons. The Kier molecular flexibility index (Phi) is 2.78.